The summed E-state index contributed by atoms with van der Waals surface area (Å²) < 4.78 is 57.7. The zero-order valence-corrected chi connectivity index (χ0v) is 30.1. The van der Waals surface area contributed by atoms with Gasteiger partial charge in [0.2, 0.25) is 10.0 Å². The molecular formula is C37H50F2N4O5S. The number of halogens is 2. The van der Waals surface area contributed by atoms with E-state index < -0.39 is 51.2 Å². The molecule has 49 heavy (non-hydrogen) atoms. The highest BCUT2D eigenvalue weighted by atomic mass is 32.2. The molecule has 268 valence electrons. The van der Waals surface area contributed by atoms with E-state index in [0.717, 1.165) is 35.7 Å². The molecular weight excluding hydrogens is 650 g/mol. The largest absolute Gasteiger partial charge is 0.390 e. The summed E-state index contributed by atoms with van der Waals surface area (Å²) in [7, 11) is -4.17. The number of amides is 2. The summed E-state index contributed by atoms with van der Waals surface area (Å²) in [6, 6.07) is 13.6. The topological polar surface area (TPSA) is 128 Å². The van der Waals surface area contributed by atoms with Crippen molar-refractivity contribution in [2.75, 3.05) is 19.6 Å². The molecule has 0 aliphatic rings. The van der Waals surface area contributed by atoms with Gasteiger partial charge in [-0.1, -0.05) is 45.0 Å². The van der Waals surface area contributed by atoms with Crippen molar-refractivity contribution in [2.45, 2.75) is 96.4 Å². The van der Waals surface area contributed by atoms with Gasteiger partial charge in [-0.2, -0.15) is 0 Å². The molecule has 4 N–H and O–H groups in total. The number of aryl methyl sites for hydroxylation is 1. The van der Waals surface area contributed by atoms with Crippen LogP contribution in [-0.4, -0.2) is 67.6 Å². The lowest BCUT2D eigenvalue weighted by Crippen LogP contribution is -2.48. The summed E-state index contributed by atoms with van der Waals surface area (Å²) in [5.74, 6) is -2.80. The molecule has 0 bridgehead atoms. The van der Waals surface area contributed by atoms with Crippen LogP contribution in [-0.2, 0) is 29.4 Å². The number of nitrogens with one attached hydrogen (secondary N) is 3. The van der Waals surface area contributed by atoms with Gasteiger partial charge < -0.3 is 20.6 Å². The first-order chi connectivity index (χ1) is 23.0. The van der Waals surface area contributed by atoms with Gasteiger partial charge in [-0.05, 0) is 93.5 Å². The number of sulfonamides is 1. The SMILES string of the molecule is CCCN(CCC)C(=O)c1cc(C(=O)N[C@@H](Cc2cc(F)cc(F)c2)[C@H](O)CNCc2cccc(CC)c2)cc(S(=O)(=O)NC(C)(C)C)c1. The maximum absolute atomic E-state index is 14.1. The molecule has 0 unspecified atom stereocenters. The average molecular weight is 701 g/mol. The highest BCUT2D eigenvalue weighted by molar-refractivity contribution is 7.89. The number of hydrogen-bond acceptors (Lipinski definition) is 6. The molecule has 0 saturated carbocycles. The van der Waals surface area contributed by atoms with Crippen molar-refractivity contribution < 1.29 is 31.9 Å². The molecule has 2 atom stereocenters. The van der Waals surface area contributed by atoms with Crippen LogP contribution in [0.2, 0.25) is 0 Å². The quantitative estimate of drug-likeness (QED) is 0.150. The van der Waals surface area contributed by atoms with Crippen molar-refractivity contribution in [3.63, 3.8) is 0 Å². The Hall–Kier alpha value is -3.71. The summed E-state index contributed by atoms with van der Waals surface area (Å²) in [5.41, 5.74) is 1.40. The summed E-state index contributed by atoms with van der Waals surface area (Å²) in [4.78, 5) is 28.9. The van der Waals surface area contributed by atoms with Gasteiger partial charge in [-0.3, -0.25) is 9.59 Å². The zero-order chi connectivity index (χ0) is 36.4. The van der Waals surface area contributed by atoms with Crippen LogP contribution in [0, 0.1) is 11.6 Å². The normalized spacial score (nSPS) is 13.2. The van der Waals surface area contributed by atoms with Crippen molar-refractivity contribution in [3.8, 4) is 0 Å². The van der Waals surface area contributed by atoms with Crippen LogP contribution in [0.15, 0.2) is 65.6 Å². The van der Waals surface area contributed by atoms with Crippen LogP contribution in [0.1, 0.15) is 91.8 Å². The van der Waals surface area contributed by atoms with Crippen LogP contribution in [0.3, 0.4) is 0 Å². The fraction of sp³-hybridized carbons (Fsp3) is 0.459. The predicted molar refractivity (Wildman–Crippen MR) is 188 cm³/mol. The second-order valence-electron chi connectivity index (χ2n) is 13.3. The van der Waals surface area contributed by atoms with Crippen molar-refractivity contribution in [3.05, 3.63) is 100 Å². The number of carbonyl (C=O) groups is 2. The minimum Gasteiger partial charge on any atom is -0.390 e. The molecule has 3 rings (SSSR count). The van der Waals surface area contributed by atoms with E-state index in [-0.39, 0.29) is 34.6 Å². The van der Waals surface area contributed by atoms with Crippen LogP contribution in [0.4, 0.5) is 8.78 Å². The summed E-state index contributed by atoms with van der Waals surface area (Å²) >= 11 is 0. The fourth-order valence-corrected chi connectivity index (χ4v) is 6.98. The van der Waals surface area contributed by atoms with Crippen molar-refractivity contribution >= 4 is 21.8 Å². The Balaban J connectivity index is 1.98. The van der Waals surface area contributed by atoms with Gasteiger partial charge in [0, 0.05) is 48.9 Å². The second-order valence-corrected chi connectivity index (χ2v) is 15.0. The van der Waals surface area contributed by atoms with Crippen LogP contribution in [0.5, 0.6) is 0 Å². The molecule has 2 amide bonds. The van der Waals surface area contributed by atoms with Gasteiger partial charge in [0.15, 0.2) is 0 Å². The molecule has 0 fully saturated rings. The van der Waals surface area contributed by atoms with Gasteiger partial charge in [0.1, 0.15) is 11.6 Å². The van der Waals surface area contributed by atoms with Crippen molar-refractivity contribution in [1.82, 2.24) is 20.3 Å². The molecule has 12 heteroatoms. The number of carbonyl (C=O) groups excluding carboxylic acids is 2. The number of hydrogen-bond donors (Lipinski definition) is 4. The first-order valence-electron chi connectivity index (χ1n) is 16.8. The van der Waals surface area contributed by atoms with Gasteiger partial charge in [0.05, 0.1) is 17.0 Å². The third kappa shape index (κ3) is 12.3. The highest BCUT2D eigenvalue weighted by Crippen LogP contribution is 2.21. The summed E-state index contributed by atoms with van der Waals surface area (Å²) in [6.45, 7) is 12.3. The Morgan fingerprint density at radius 2 is 1.47 bits per heavy atom. The van der Waals surface area contributed by atoms with Crippen LogP contribution < -0.4 is 15.4 Å². The predicted octanol–water partition coefficient (Wildman–Crippen LogP) is 5.36. The summed E-state index contributed by atoms with van der Waals surface area (Å²) in [6.07, 6.45) is 0.878. The summed E-state index contributed by atoms with van der Waals surface area (Å²) in [5, 5.41) is 17.2. The number of aliphatic hydroxyl groups excluding tert-OH is 1. The molecule has 0 radical (unpaired) electrons. The van der Waals surface area contributed by atoms with E-state index >= 15 is 0 Å². The number of benzene rings is 3. The van der Waals surface area contributed by atoms with E-state index in [1.807, 2.05) is 38.1 Å². The standard InChI is InChI=1S/C37H50F2N4O5S/c1-7-13-43(14-8-2)36(46)29-19-28(20-32(21-29)49(47,48)42-37(4,5)6)35(45)41-33(18-27-16-30(38)22-31(39)17-27)34(44)24-40-23-26-12-10-11-25(9-3)15-26/h10-12,15-17,19-22,33-34,40,42,44H,7-9,13-14,18,23-24H2,1-6H3,(H,41,45)/t33-,34+/m0/s1. The van der Waals surface area contributed by atoms with E-state index in [1.165, 1.54) is 18.2 Å². The van der Waals surface area contributed by atoms with E-state index in [2.05, 4.69) is 22.3 Å². The Morgan fingerprint density at radius 3 is 2.06 bits per heavy atom. The highest BCUT2D eigenvalue weighted by Gasteiger charge is 2.28. The fourth-order valence-electron chi connectivity index (χ4n) is 5.49. The lowest BCUT2D eigenvalue weighted by Gasteiger charge is -2.26. The molecule has 0 saturated heterocycles. The first-order valence-corrected chi connectivity index (χ1v) is 18.2. The van der Waals surface area contributed by atoms with Gasteiger partial charge in [-0.25, -0.2) is 21.9 Å². The van der Waals surface area contributed by atoms with Gasteiger partial charge in [-0.15, -0.1) is 0 Å². The molecule has 0 aromatic heterocycles. The molecule has 3 aromatic carbocycles. The monoisotopic (exact) mass is 700 g/mol. The molecule has 9 nitrogen and oxygen atoms in total. The molecule has 3 aromatic rings. The van der Waals surface area contributed by atoms with E-state index in [1.54, 1.807) is 25.7 Å². The molecule has 0 aliphatic carbocycles. The second kappa shape index (κ2) is 17.8. The first kappa shape index (κ1) is 39.7. The Kier molecular flexibility index (Phi) is 14.4. The van der Waals surface area contributed by atoms with Crippen LogP contribution >= 0.6 is 0 Å². The van der Waals surface area contributed by atoms with Gasteiger partial charge >= 0.3 is 0 Å². The molecule has 0 aliphatic heterocycles. The smallest absolute Gasteiger partial charge is 0.253 e. The number of aliphatic hydroxyl groups is 1. The minimum absolute atomic E-state index is 0.0177. The molecule has 0 heterocycles. The maximum atomic E-state index is 14.1. The lowest BCUT2D eigenvalue weighted by atomic mass is 9.99. The van der Waals surface area contributed by atoms with E-state index in [0.29, 0.717) is 32.5 Å². The Labute approximate surface area is 289 Å². The minimum atomic E-state index is -4.17. The third-order valence-electron chi connectivity index (χ3n) is 7.68. The molecule has 0 spiro atoms. The van der Waals surface area contributed by atoms with Crippen molar-refractivity contribution in [1.29, 1.82) is 0 Å². The lowest BCUT2D eigenvalue weighted by molar-refractivity contribution is 0.0755. The van der Waals surface area contributed by atoms with E-state index in [4.69, 9.17) is 0 Å². The Morgan fingerprint density at radius 1 is 0.857 bits per heavy atom. The zero-order valence-electron chi connectivity index (χ0n) is 29.3. The van der Waals surface area contributed by atoms with Crippen LogP contribution in [0.25, 0.3) is 0 Å². The van der Waals surface area contributed by atoms with Gasteiger partial charge in [0.25, 0.3) is 11.8 Å². The number of nitrogens with zero attached hydrogens (tertiary/aromatic N) is 1. The maximum Gasteiger partial charge on any atom is 0.253 e. The number of rotatable bonds is 17. The van der Waals surface area contributed by atoms with Crippen molar-refractivity contribution in [2.24, 2.45) is 0 Å². The average Bonchev–Trinajstić information content (AvgIpc) is 3.02. The van der Waals surface area contributed by atoms with E-state index in [9.17, 15) is 31.9 Å². The third-order valence-corrected chi connectivity index (χ3v) is 9.42. The Bertz CT molecular complexity index is 1670.